The van der Waals surface area contributed by atoms with E-state index in [1.165, 1.54) is 12.8 Å². The number of methoxy groups -OCH3 is 1. The van der Waals surface area contributed by atoms with E-state index in [0.29, 0.717) is 19.8 Å². The van der Waals surface area contributed by atoms with Crippen LogP contribution in [-0.2, 0) is 9.47 Å². The molecule has 0 amide bonds. The van der Waals surface area contributed by atoms with E-state index in [1.807, 2.05) is 14.0 Å². The first-order valence-corrected chi connectivity index (χ1v) is 6.07. The van der Waals surface area contributed by atoms with Crippen LogP contribution in [0.5, 0.6) is 0 Å². The summed E-state index contributed by atoms with van der Waals surface area (Å²) in [6.07, 6.45) is 1.98. The number of hydrogen-bond donors (Lipinski definition) is 1. The molecule has 0 spiro atoms. The first-order chi connectivity index (χ1) is 7.60. The van der Waals surface area contributed by atoms with Crippen molar-refractivity contribution in [2.24, 2.45) is 0 Å². The van der Waals surface area contributed by atoms with Gasteiger partial charge in [-0.25, -0.2) is 0 Å². The third kappa shape index (κ3) is 9.09. The summed E-state index contributed by atoms with van der Waals surface area (Å²) in [5.74, 6) is 0. The van der Waals surface area contributed by atoms with Crippen LogP contribution < -0.4 is 0 Å². The molecule has 0 aromatic heterocycles. The fraction of sp³-hybridized carbons (Fsp3) is 1.00. The van der Waals surface area contributed by atoms with E-state index in [4.69, 9.17) is 9.47 Å². The Hall–Kier alpha value is -0.160. The average Bonchev–Trinajstić information content (AvgIpc) is 2.24. The van der Waals surface area contributed by atoms with Crippen LogP contribution in [0.4, 0.5) is 0 Å². The first kappa shape index (κ1) is 15.8. The van der Waals surface area contributed by atoms with Gasteiger partial charge in [0.2, 0.25) is 0 Å². The molecule has 0 aliphatic carbocycles. The minimum Gasteiger partial charge on any atom is -0.389 e. The van der Waals surface area contributed by atoms with Gasteiger partial charge in [0.25, 0.3) is 0 Å². The molecule has 0 bridgehead atoms. The molecule has 0 heterocycles. The Bertz CT molecular complexity index is 155. The molecule has 0 radical (unpaired) electrons. The molecule has 1 N–H and O–H groups in total. The fourth-order valence-corrected chi connectivity index (χ4v) is 1.49. The molecule has 0 aromatic carbocycles. The fourth-order valence-electron chi connectivity index (χ4n) is 1.49. The highest BCUT2D eigenvalue weighted by Gasteiger charge is 2.10. The summed E-state index contributed by atoms with van der Waals surface area (Å²) in [7, 11) is 3.67. The Morgan fingerprint density at radius 2 is 2.00 bits per heavy atom. The summed E-state index contributed by atoms with van der Waals surface area (Å²) in [5.41, 5.74) is 0. The summed E-state index contributed by atoms with van der Waals surface area (Å²) in [6, 6.07) is 0. The smallest absolute Gasteiger partial charge is 0.0900 e. The topological polar surface area (TPSA) is 41.9 Å². The first-order valence-electron chi connectivity index (χ1n) is 6.07. The van der Waals surface area contributed by atoms with E-state index in [2.05, 4.69) is 11.8 Å². The van der Waals surface area contributed by atoms with Crippen LogP contribution in [0.3, 0.4) is 0 Å². The second-order valence-corrected chi connectivity index (χ2v) is 4.37. The van der Waals surface area contributed by atoms with Crippen molar-refractivity contribution in [3.05, 3.63) is 0 Å². The van der Waals surface area contributed by atoms with Gasteiger partial charge in [0.05, 0.1) is 25.4 Å². The third-order valence-corrected chi connectivity index (χ3v) is 2.39. The minimum absolute atomic E-state index is 0.0422. The van der Waals surface area contributed by atoms with Crippen LogP contribution in [-0.4, -0.2) is 62.7 Å². The summed E-state index contributed by atoms with van der Waals surface area (Å²) < 4.78 is 10.4. The lowest BCUT2D eigenvalue weighted by Gasteiger charge is -2.21. The second-order valence-electron chi connectivity index (χ2n) is 4.37. The zero-order chi connectivity index (χ0) is 12.4. The van der Waals surface area contributed by atoms with Crippen LogP contribution in [0.25, 0.3) is 0 Å². The van der Waals surface area contributed by atoms with Crippen molar-refractivity contribution in [2.45, 2.75) is 38.9 Å². The van der Waals surface area contributed by atoms with Gasteiger partial charge in [0.15, 0.2) is 0 Å². The molecule has 0 rings (SSSR count). The van der Waals surface area contributed by atoms with Crippen LogP contribution >= 0.6 is 0 Å². The predicted molar refractivity (Wildman–Crippen MR) is 65.7 cm³/mol. The molecule has 0 saturated heterocycles. The highest BCUT2D eigenvalue weighted by Crippen LogP contribution is 1.97. The van der Waals surface area contributed by atoms with Crippen molar-refractivity contribution in [3.63, 3.8) is 0 Å². The molecule has 2 atom stereocenters. The Morgan fingerprint density at radius 1 is 1.31 bits per heavy atom. The van der Waals surface area contributed by atoms with Crippen molar-refractivity contribution < 1.29 is 14.6 Å². The lowest BCUT2D eigenvalue weighted by molar-refractivity contribution is -0.0381. The summed E-state index contributed by atoms with van der Waals surface area (Å²) >= 11 is 0. The Kier molecular flexibility index (Phi) is 9.92. The van der Waals surface area contributed by atoms with Crippen LogP contribution in [0.2, 0.25) is 0 Å². The van der Waals surface area contributed by atoms with E-state index < -0.39 is 6.10 Å². The monoisotopic (exact) mass is 233 g/mol. The lowest BCUT2D eigenvalue weighted by Crippen LogP contribution is -2.34. The van der Waals surface area contributed by atoms with Gasteiger partial charge in [-0.2, -0.15) is 0 Å². The van der Waals surface area contributed by atoms with E-state index in [9.17, 15) is 5.11 Å². The molecule has 2 unspecified atom stereocenters. The molecule has 0 fully saturated rings. The van der Waals surface area contributed by atoms with E-state index >= 15 is 0 Å². The van der Waals surface area contributed by atoms with Gasteiger partial charge in [-0.1, -0.05) is 13.3 Å². The van der Waals surface area contributed by atoms with E-state index in [1.54, 1.807) is 7.11 Å². The predicted octanol–water partition coefficient (Wildman–Crippen LogP) is 1.13. The molecule has 4 nitrogen and oxygen atoms in total. The zero-order valence-electron chi connectivity index (χ0n) is 11.1. The molecule has 0 aliphatic rings. The van der Waals surface area contributed by atoms with Crippen LogP contribution in [0, 0.1) is 0 Å². The Labute approximate surface area is 99.5 Å². The van der Waals surface area contributed by atoms with Crippen LogP contribution in [0.15, 0.2) is 0 Å². The zero-order valence-corrected chi connectivity index (χ0v) is 11.1. The largest absolute Gasteiger partial charge is 0.389 e. The minimum atomic E-state index is -0.416. The highest BCUT2D eigenvalue weighted by atomic mass is 16.5. The molecular weight excluding hydrogens is 206 g/mol. The Balaban J connectivity index is 3.52. The lowest BCUT2D eigenvalue weighted by atomic mass is 10.3. The highest BCUT2D eigenvalue weighted by molar-refractivity contribution is 4.61. The third-order valence-electron chi connectivity index (χ3n) is 2.39. The number of nitrogens with zero attached hydrogens (tertiary/aromatic N) is 1. The van der Waals surface area contributed by atoms with Gasteiger partial charge >= 0.3 is 0 Å². The summed E-state index contributed by atoms with van der Waals surface area (Å²) in [6.45, 7) is 6.75. The van der Waals surface area contributed by atoms with Crippen molar-refractivity contribution in [1.29, 1.82) is 0 Å². The number of aliphatic hydroxyl groups is 1. The molecule has 98 valence electrons. The maximum atomic E-state index is 9.73. The van der Waals surface area contributed by atoms with E-state index in [0.717, 1.165) is 6.54 Å². The van der Waals surface area contributed by atoms with Gasteiger partial charge in [-0.15, -0.1) is 0 Å². The SMILES string of the molecule is CCCCN(C)CC(O)COC(C)COC. The van der Waals surface area contributed by atoms with Crippen molar-refractivity contribution in [2.75, 3.05) is 40.5 Å². The number of unbranched alkanes of at least 4 members (excludes halogenated alkanes) is 1. The van der Waals surface area contributed by atoms with Crippen molar-refractivity contribution >= 4 is 0 Å². The molecule has 0 saturated carbocycles. The number of likely N-dealkylation sites (N-methyl/N-ethyl adjacent to an activating group) is 1. The van der Waals surface area contributed by atoms with Gasteiger partial charge in [-0.3, -0.25) is 0 Å². The standard InChI is InChI=1S/C12H27NO3/c1-5-6-7-13(3)8-12(14)10-16-11(2)9-15-4/h11-12,14H,5-10H2,1-4H3. The summed E-state index contributed by atoms with van der Waals surface area (Å²) in [4.78, 5) is 2.14. The van der Waals surface area contributed by atoms with E-state index in [-0.39, 0.29) is 6.10 Å². The molecular formula is C12H27NO3. The maximum absolute atomic E-state index is 9.73. The Morgan fingerprint density at radius 3 is 2.56 bits per heavy atom. The van der Waals surface area contributed by atoms with Gasteiger partial charge in [-0.05, 0) is 26.9 Å². The molecule has 16 heavy (non-hydrogen) atoms. The second kappa shape index (κ2) is 10.0. The normalized spacial score (nSPS) is 15.4. The van der Waals surface area contributed by atoms with Crippen LogP contribution in [0.1, 0.15) is 26.7 Å². The van der Waals surface area contributed by atoms with Gasteiger partial charge in [0.1, 0.15) is 0 Å². The van der Waals surface area contributed by atoms with Crippen molar-refractivity contribution in [3.8, 4) is 0 Å². The maximum Gasteiger partial charge on any atom is 0.0900 e. The number of ether oxygens (including phenoxy) is 2. The van der Waals surface area contributed by atoms with Crippen molar-refractivity contribution in [1.82, 2.24) is 4.90 Å². The quantitative estimate of drug-likeness (QED) is 0.614. The number of aliphatic hydroxyl groups excluding tert-OH is 1. The molecule has 0 aliphatic heterocycles. The number of hydrogen-bond acceptors (Lipinski definition) is 4. The summed E-state index contributed by atoms with van der Waals surface area (Å²) in [5, 5.41) is 9.73. The molecule has 4 heteroatoms. The van der Waals surface area contributed by atoms with Gasteiger partial charge in [0, 0.05) is 13.7 Å². The van der Waals surface area contributed by atoms with Gasteiger partial charge < -0.3 is 19.5 Å². The molecule has 0 aromatic rings. The average molecular weight is 233 g/mol. The number of rotatable bonds is 10.